The van der Waals surface area contributed by atoms with Crippen molar-refractivity contribution in [1.82, 2.24) is 4.98 Å². The molecule has 2 aromatic rings. The summed E-state index contributed by atoms with van der Waals surface area (Å²) in [4.78, 5) is 9.31. The minimum atomic E-state index is 0.837. The van der Waals surface area contributed by atoms with E-state index in [-0.39, 0.29) is 0 Å². The summed E-state index contributed by atoms with van der Waals surface area (Å²) in [7, 11) is 0. The number of para-hydroxylation sites is 1. The average molecular weight is 331 g/mol. The number of rotatable bonds is 4. The predicted molar refractivity (Wildman–Crippen MR) is 89.0 cm³/mol. The fourth-order valence-corrected chi connectivity index (χ4v) is 2.54. The van der Waals surface area contributed by atoms with Gasteiger partial charge in [0.05, 0.1) is 17.1 Å². The lowest BCUT2D eigenvalue weighted by Gasteiger charge is -2.10. The molecule has 0 amide bonds. The lowest BCUT2D eigenvalue weighted by molar-refractivity contribution is 1.08. The zero-order chi connectivity index (χ0) is 14.5. The second-order valence-corrected chi connectivity index (χ2v) is 5.49. The van der Waals surface area contributed by atoms with Crippen molar-refractivity contribution >= 4 is 27.3 Å². The normalized spacial score (nSPS) is 11.7. The van der Waals surface area contributed by atoms with Crippen molar-refractivity contribution in [2.24, 2.45) is 4.99 Å². The summed E-state index contributed by atoms with van der Waals surface area (Å²) in [6, 6.07) is 12.3. The van der Waals surface area contributed by atoms with E-state index in [0.717, 1.165) is 34.5 Å². The van der Waals surface area contributed by atoms with Crippen LogP contribution in [0.15, 0.2) is 46.0 Å². The fraction of sp³-hybridized carbons (Fsp3) is 0.294. The van der Waals surface area contributed by atoms with Gasteiger partial charge in [0.1, 0.15) is 4.60 Å². The summed E-state index contributed by atoms with van der Waals surface area (Å²) in [5, 5.41) is 0. The quantitative estimate of drug-likeness (QED) is 0.564. The maximum atomic E-state index is 4.85. The van der Waals surface area contributed by atoms with Crippen LogP contribution in [-0.4, -0.2) is 10.7 Å². The third-order valence-electron chi connectivity index (χ3n) is 3.33. The lowest BCUT2D eigenvalue weighted by Crippen LogP contribution is -1.99. The first-order chi connectivity index (χ1) is 9.65. The van der Waals surface area contributed by atoms with Crippen LogP contribution in [0.3, 0.4) is 0 Å². The SMILES string of the molecule is CCc1cccc(CC)c1/N=C(\C)c1cccc(Br)n1. The van der Waals surface area contributed by atoms with Gasteiger partial charge in [0.2, 0.25) is 0 Å². The molecule has 0 unspecified atom stereocenters. The molecule has 0 aliphatic rings. The number of hydrogen-bond donors (Lipinski definition) is 0. The number of nitrogens with zero attached hydrogens (tertiary/aromatic N) is 2. The van der Waals surface area contributed by atoms with Crippen molar-refractivity contribution < 1.29 is 0 Å². The average Bonchev–Trinajstić information content (AvgIpc) is 2.47. The van der Waals surface area contributed by atoms with Gasteiger partial charge in [0.15, 0.2) is 0 Å². The number of benzene rings is 1. The highest BCUT2D eigenvalue weighted by atomic mass is 79.9. The van der Waals surface area contributed by atoms with E-state index >= 15 is 0 Å². The summed E-state index contributed by atoms with van der Waals surface area (Å²) in [6.07, 6.45) is 1.98. The Morgan fingerprint density at radius 3 is 2.20 bits per heavy atom. The van der Waals surface area contributed by atoms with Crippen LogP contribution in [0.1, 0.15) is 37.6 Å². The summed E-state index contributed by atoms with van der Waals surface area (Å²) in [5.74, 6) is 0. The molecule has 1 aromatic heterocycles. The van der Waals surface area contributed by atoms with E-state index in [4.69, 9.17) is 4.99 Å². The van der Waals surface area contributed by atoms with Gasteiger partial charge in [-0.2, -0.15) is 0 Å². The van der Waals surface area contributed by atoms with Crippen LogP contribution in [0, 0.1) is 0 Å². The smallest absolute Gasteiger partial charge is 0.106 e. The van der Waals surface area contributed by atoms with Crippen molar-refractivity contribution in [3.63, 3.8) is 0 Å². The highest BCUT2D eigenvalue weighted by Gasteiger charge is 2.07. The lowest BCUT2D eigenvalue weighted by atomic mass is 10.0. The molecule has 0 spiro atoms. The second-order valence-electron chi connectivity index (χ2n) is 4.67. The molecule has 0 N–H and O–H groups in total. The van der Waals surface area contributed by atoms with E-state index in [1.165, 1.54) is 11.1 Å². The predicted octanol–water partition coefficient (Wildman–Crippen LogP) is 5.11. The van der Waals surface area contributed by atoms with Gasteiger partial charge >= 0.3 is 0 Å². The highest BCUT2D eigenvalue weighted by molar-refractivity contribution is 9.10. The Labute approximate surface area is 129 Å². The molecule has 0 aliphatic carbocycles. The molecule has 104 valence electrons. The van der Waals surface area contributed by atoms with E-state index in [0.29, 0.717) is 0 Å². The molecule has 20 heavy (non-hydrogen) atoms. The first-order valence-electron chi connectivity index (χ1n) is 6.94. The van der Waals surface area contributed by atoms with Crippen LogP contribution < -0.4 is 0 Å². The van der Waals surface area contributed by atoms with E-state index in [9.17, 15) is 0 Å². The summed E-state index contributed by atoms with van der Waals surface area (Å²) in [6.45, 7) is 6.35. The number of pyridine rings is 1. The Hall–Kier alpha value is -1.48. The number of aromatic nitrogens is 1. The van der Waals surface area contributed by atoms with Crippen LogP contribution in [0.25, 0.3) is 0 Å². The molecule has 2 nitrogen and oxygen atoms in total. The molecule has 1 heterocycles. The van der Waals surface area contributed by atoms with Crippen molar-refractivity contribution in [2.75, 3.05) is 0 Å². The molecule has 0 fully saturated rings. The maximum Gasteiger partial charge on any atom is 0.106 e. The first kappa shape index (κ1) is 14.9. The number of aliphatic imine (C=N–C) groups is 1. The fourth-order valence-electron chi connectivity index (χ4n) is 2.19. The number of hydrogen-bond acceptors (Lipinski definition) is 2. The largest absolute Gasteiger partial charge is 0.251 e. The van der Waals surface area contributed by atoms with Gasteiger partial charge in [-0.25, -0.2) is 4.98 Å². The van der Waals surface area contributed by atoms with Gasteiger partial charge in [-0.15, -0.1) is 0 Å². The summed E-state index contributed by atoms with van der Waals surface area (Å²) in [5.41, 5.74) is 5.54. The van der Waals surface area contributed by atoms with Crippen LogP contribution in [0.4, 0.5) is 5.69 Å². The van der Waals surface area contributed by atoms with Crippen molar-refractivity contribution in [3.05, 3.63) is 57.8 Å². The van der Waals surface area contributed by atoms with Crippen LogP contribution in [-0.2, 0) is 12.8 Å². The van der Waals surface area contributed by atoms with Gasteiger partial charge in [-0.1, -0.05) is 38.1 Å². The van der Waals surface area contributed by atoms with Crippen molar-refractivity contribution in [1.29, 1.82) is 0 Å². The van der Waals surface area contributed by atoms with Crippen LogP contribution >= 0.6 is 15.9 Å². The van der Waals surface area contributed by atoms with E-state index in [2.05, 4.69) is 53.0 Å². The monoisotopic (exact) mass is 330 g/mol. The Morgan fingerprint density at radius 1 is 1.05 bits per heavy atom. The molecule has 2 rings (SSSR count). The van der Waals surface area contributed by atoms with E-state index in [1.54, 1.807) is 0 Å². The van der Waals surface area contributed by atoms with Gasteiger partial charge in [0.25, 0.3) is 0 Å². The minimum absolute atomic E-state index is 0.837. The third-order valence-corrected chi connectivity index (χ3v) is 3.77. The molecule has 3 heteroatoms. The Morgan fingerprint density at radius 2 is 1.65 bits per heavy atom. The standard InChI is InChI=1S/C17H19BrN2/c1-4-13-8-6-9-14(5-2)17(13)19-12(3)15-10-7-11-16(18)20-15/h6-11H,4-5H2,1-3H3/b19-12+. The minimum Gasteiger partial charge on any atom is -0.251 e. The first-order valence-corrected chi connectivity index (χ1v) is 7.74. The highest BCUT2D eigenvalue weighted by Crippen LogP contribution is 2.26. The summed E-state index contributed by atoms with van der Waals surface area (Å²) < 4.78 is 0.837. The zero-order valence-electron chi connectivity index (χ0n) is 12.2. The third kappa shape index (κ3) is 3.34. The molecule has 0 bridgehead atoms. The van der Waals surface area contributed by atoms with Gasteiger partial charge in [-0.05, 0) is 59.0 Å². The Bertz CT molecular complexity index is 610. The van der Waals surface area contributed by atoms with Gasteiger partial charge < -0.3 is 0 Å². The van der Waals surface area contributed by atoms with Gasteiger partial charge in [-0.3, -0.25) is 4.99 Å². The molecular weight excluding hydrogens is 312 g/mol. The molecule has 1 aromatic carbocycles. The molecule has 0 atom stereocenters. The molecule has 0 saturated heterocycles. The van der Waals surface area contributed by atoms with Crippen molar-refractivity contribution in [3.8, 4) is 0 Å². The zero-order valence-corrected chi connectivity index (χ0v) is 13.7. The Balaban J connectivity index is 2.49. The molecule has 0 radical (unpaired) electrons. The number of aryl methyl sites for hydroxylation is 2. The second kappa shape index (κ2) is 6.80. The van der Waals surface area contributed by atoms with Crippen LogP contribution in [0.2, 0.25) is 0 Å². The van der Waals surface area contributed by atoms with Gasteiger partial charge in [0, 0.05) is 0 Å². The van der Waals surface area contributed by atoms with E-state index in [1.807, 2.05) is 25.1 Å². The van der Waals surface area contributed by atoms with Crippen LogP contribution in [0.5, 0.6) is 0 Å². The number of halogens is 1. The topological polar surface area (TPSA) is 25.2 Å². The van der Waals surface area contributed by atoms with Crippen molar-refractivity contribution in [2.45, 2.75) is 33.6 Å². The maximum absolute atomic E-state index is 4.85. The molecule has 0 aliphatic heterocycles. The molecule has 0 saturated carbocycles. The molecular formula is C17H19BrN2. The Kier molecular flexibility index (Phi) is 5.07. The summed E-state index contributed by atoms with van der Waals surface area (Å²) >= 11 is 3.41. The van der Waals surface area contributed by atoms with E-state index < -0.39 is 0 Å².